The molecule has 2 saturated carbocycles. The fourth-order valence-corrected chi connectivity index (χ4v) is 5.33. The number of rotatable bonds is 7. The lowest BCUT2D eigenvalue weighted by Gasteiger charge is -2.30. The van der Waals surface area contributed by atoms with Gasteiger partial charge < -0.3 is 20.5 Å². The Morgan fingerprint density at radius 2 is 1.74 bits per heavy atom. The van der Waals surface area contributed by atoms with Gasteiger partial charge in [-0.15, -0.1) is 0 Å². The minimum Gasteiger partial charge on any atom is -0.393 e. The van der Waals surface area contributed by atoms with Crippen molar-refractivity contribution in [1.82, 2.24) is 19.5 Å². The maximum atomic E-state index is 14.4. The zero-order valence-electron chi connectivity index (χ0n) is 19.9. The van der Waals surface area contributed by atoms with Crippen LogP contribution in [0, 0.1) is 17.6 Å². The third-order valence-corrected chi connectivity index (χ3v) is 7.25. The molecule has 3 aromatic rings. The number of fused-ring (bicyclic) bond motifs is 1. The van der Waals surface area contributed by atoms with E-state index in [1.807, 2.05) is 4.57 Å². The Morgan fingerprint density at radius 3 is 2.43 bits per heavy atom. The molecular formula is C25H32F2N6O2. The van der Waals surface area contributed by atoms with Crippen molar-refractivity contribution in [3.05, 3.63) is 36.0 Å². The van der Waals surface area contributed by atoms with E-state index >= 15 is 0 Å². The summed E-state index contributed by atoms with van der Waals surface area (Å²) in [4.78, 5) is 13.9. The van der Waals surface area contributed by atoms with Crippen molar-refractivity contribution in [3.63, 3.8) is 0 Å². The average Bonchev–Trinajstić information content (AvgIpc) is 3.21. The zero-order chi connectivity index (χ0) is 24.4. The number of methoxy groups -OCH3 is 1. The van der Waals surface area contributed by atoms with Crippen molar-refractivity contribution in [2.45, 2.75) is 69.6 Å². The molecule has 0 atom stereocenters. The molecule has 0 amide bonds. The number of ether oxygens (including phenoxy) is 1. The smallest absolute Gasteiger partial charge is 0.224 e. The van der Waals surface area contributed by atoms with Gasteiger partial charge in [0, 0.05) is 25.8 Å². The molecule has 1 aromatic carbocycles. The first-order valence-corrected chi connectivity index (χ1v) is 12.4. The Balaban J connectivity index is 1.48. The fourth-order valence-electron chi connectivity index (χ4n) is 5.33. The molecule has 3 N–H and O–H groups in total. The minimum atomic E-state index is -0.680. The second-order valence-electron chi connectivity index (χ2n) is 9.71. The molecule has 2 aliphatic carbocycles. The highest BCUT2D eigenvalue weighted by molar-refractivity contribution is 5.76. The van der Waals surface area contributed by atoms with Crippen molar-refractivity contribution in [3.8, 4) is 0 Å². The van der Waals surface area contributed by atoms with Crippen LogP contribution < -0.4 is 10.6 Å². The van der Waals surface area contributed by atoms with Crippen molar-refractivity contribution in [1.29, 1.82) is 0 Å². The van der Waals surface area contributed by atoms with Crippen LogP contribution in [0.5, 0.6) is 0 Å². The predicted octanol–water partition coefficient (Wildman–Crippen LogP) is 4.94. The molecule has 2 aromatic heterocycles. The summed E-state index contributed by atoms with van der Waals surface area (Å²) in [6, 6.07) is 4.05. The normalized spacial score (nSPS) is 25.0. The van der Waals surface area contributed by atoms with Gasteiger partial charge in [0.15, 0.2) is 5.65 Å². The molecule has 2 aliphatic rings. The summed E-state index contributed by atoms with van der Waals surface area (Å²) in [5.41, 5.74) is 0.963. The van der Waals surface area contributed by atoms with Gasteiger partial charge in [-0.05, 0) is 69.4 Å². The third kappa shape index (κ3) is 5.23. The van der Waals surface area contributed by atoms with E-state index < -0.39 is 11.6 Å². The number of nitrogens with one attached hydrogen (secondary N) is 2. The van der Waals surface area contributed by atoms with E-state index in [9.17, 15) is 13.9 Å². The first-order chi connectivity index (χ1) is 17.0. The standard InChI is InChI=1S/C25H32F2N6O2/c1-35-14-15-5-9-17(10-6-15)33-23-21(30-25(33)31-22-19(26)3-2-4-20(22)27)13-28-24(32-23)29-16-7-11-18(34)12-8-16/h2-4,13,15-18,34H,5-12,14H2,1H3,(H,30,31)(H,28,29,32). The molecule has 2 heterocycles. The van der Waals surface area contributed by atoms with Gasteiger partial charge in [-0.3, -0.25) is 4.57 Å². The summed E-state index contributed by atoms with van der Waals surface area (Å²) < 4.78 is 36.2. The SMILES string of the molecule is COCC1CCC(n2c(Nc3c(F)cccc3F)nc3cnc(NC4CCC(O)CC4)nc32)CC1. The van der Waals surface area contributed by atoms with Crippen LogP contribution in [0.4, 0.5) is 26.4 Å². The van der Waals surface area contributed by atoms with Gasteiger partial charge in [-0.1, -0.05) is 6.07 Å². The van der Waals surface area contributed by atoms with Crippen molar-refractivity contribution >= 4 is 28.7 Å². The van der Waals surface area contributed by atoms with Crippen LogP contribution in [0.15, 0.2) is 24.4 Å². The van der Waals surface area contributed by atoms with Crippen LogP contribution in [0.3, 0.4) is 0 Å². The molecule has 35 heavy (non-hydrogen) atoms. The number of hydrogen-bond donors (Lipinski definition) is 3. The lowest BCUT2D eigenvalue weighted by Crippen LogP contribution is -2.29. The van der Waals surface area contributed by atoms with Gasteiger partial charge in [0.25, 0.3) is 0 Å². The number of nitrogens with zero attached hydrogens (tertiary/aromatic N) is 4. The average molecular weight is 487 g/mol. The molecule has 5 rings (SSSR count). The van der Waals surface area contributed by atoms with Gasteiger partial charge in [-0.25, -0.2) is 18.7 Å². The molecule has 0 bridgehead atoms. The number of anilines is 3. The number of hydrogen-bond acceptors (Lipinski definition) is 7. The van der Waals surface area contributed by atoms with Crippen LogP contribution in [-0.2, 0) is 4.74 Å². The number of halogens is 2. The Kier molecular flexibility index (Phi) is 7.10. The van der Waals surface area contributed by atoms with E-state index in [1.54, 1.807) is 13.3 Å². The summed E-state index contributed by atoms with van der Waals surface area (Å²) in [6.45, 7) is 0.731. The third-order valence-electron chi connectivity index (χ3n) is 7.25. The summed E-state index contributed by atoms with van der Waals surface area (Å²) in [5.74, 6) is -0.0104. The molecule has 188 valence electrons. The van der Waals surface area contributed by atoms with Crippen LogP contribution in [0.25, 0.3) is 11.2 Å². The summed E-state index contributed by atoms with van der Waals surface area (Å²) in [5, 5.41) is 16.1. The highest BCUT2D eigenvalue weighted by atomic mass is 19.1. The van der Waals surface area contributed by atoms with Crippen LogP contribution in [-0.4, -0.2) is 50.5 Å². The molecule has 0 saturated heterocycles. The molecule has 0 aliphatic heterocycles. The summed E-state index contributed by atoms with van der Waals surface area (Å²) in [7, 11) is 1.72. The minimum absolute atomic E-state index is 0.0815. The second-order valence-corrected chi connectivity index (χ2v) is 9.71. The first-order valence-electron chi connectivity index (χ1n) is 12.4. The number of aromatic nitrogens is 4. The highest BCUT2D eigenvalue weighted by Gasteiger charge is 2.28. The number of benzene rings is 1. The van der Waals surface area contributed by atoms with Crippen LogP contribution in [0.2, 0.25) is 0 Å². The van der Waals surface area contributed by atoms with E-state index in [1.165, 1.54) is 18.2 Å². The summed E-state index contributed by atoms with van der Waals surface area (Å²) >= 11 is 0. The van der Waals surface area contributed by atoms with Gasteiger partial charge in [0.2, 0.25) is 11.9 Å². The molecule has 2 fully saturated rings. The van der Waals surface area contributed by atoms with Crippen molar-refractivity contribution in [2.75, 3.05) is 24.4 Å². The van der Waals surface area contributed by atoms with Gasteiger partial charge in [0.05, 0.1) is 12.3 Å². The predicted molar refractivity (Wildman–Crippen MR) is 130 cm³/mol. The molecule has 0 radical (unpaired) electrons. The molecule has 8 nitrogen and oxygen atoms in total. The summed E-state index contributed by atoms with van der Waals surface area (Å²) in [6.07, 6.45) is 8.39. The lowest BCUT2D eigenvalue weighted by molar-refractivity contribution is 0.121. The largest absolute Gasteiger partial charge is 0.393 e. The molecule has 0 unspecified atom stereocenters. The Hall–Kier alpha value is -2.85. The van der Waals surface area contributed by atoms with E-state index in [4.69, 9.17) is 9.72 Å². The number of imidazole rings is 1. The van der Waals surface area contributed by atoms with E-state index in [2.05, 4.69) is 20.6 Å². The lowest BCUT2D eigenvalue weighted by atomic mass is 9.86. The van der Waals surface area contributed by atoms with Crippen molar-refractivity contribution < 1.29 is 18.6 Å². The number of aliphatic hydroxyl groups excluding tert-OH is 1. The Labute approximate surface area is 203 Å². The molecule has 0 spiro atoms. The number of para-hydroxylation sites is 1. The first kappa shape index (κ1) is 23.9. The maximum Gasteiger partial charge on any atom is 0.224 e. The van der Waals surface area contributed by atoms with E-state index in [0.717, 1.165) is 58.0 Å². The monoisotopic (exact) mass is 486 g/mol. The number of aliphatic hydroxyl groups is 1. The van der Waals surface area contributed by atoms with Crippen LogP contribution in [0.1, 0.15) is 57.4 Å². The quantitative estimate of drug-likeness (QED) is 0.435. The second kappa shape index (κ2) is 10.4. The van der Waals surface area contributed by atoms with E-state index in [-0.39, 0.29) is 23.9 Å². The Bertz CT molecular complexity index is 1140. The van der Waals surface area contributed by atoms with Crippen molar-refractivity contribution in [2.24, 2.45) is 5.92 Å². The molecule has 10 heteroatoms. The zero-order valence-corrected chi connectivity index (χ0v) is 19.9. The highest BCUT2D eigenvalue weighted by Crippen LogP contribution is 2.37. The topological polar surface area (TPSA) is 97.1 Å². The fraction of sp³-hybridized carbons (Fsp3) is 0.560. The van der Waals surface area contributed by atoms with E-state index in [0.29, 0.717) is 29.0 Å². The van der Waals surface area contributed by atoms with Gasteiger partial charge in [-0.2, -0.15) is 4.98 Å². The maximum absolute atomic E-state index is 14.4. The van der Waals surface area contributed by atoms with Gasteiger partial charge in [0.1, 0.15) is 22.8 Å². The van der Waals surface area contributed by atoms with Gasteiger partial charge >= 0.3 is 0 Å². The Morgan fingerprint density at radius 1 is 1.03 bits per heavy atom. The van der Waals surface area contributed by atoms with Crippen LogP contribution >= 0.6 is 0 Å². The molecular weight excluding hydrogens is 454 g/mol.